The number of sulfonamides is 1. The van der Waals surface area contributed by atoms with Crippen LogP contribution in [0.3, 0.4) is 0 Å². The molecule has 1 atom stereocenters. The number of aromatic nitrogens is 1. The number of nitrogens with one attached hydrogen (secondary N) is 2. The molecule has 1 heterocycles. The highest BCUT2D eigenvalue weighted by Crippen LogP contribution is 2.19. The van der Waals surface area contributed by atoms with Crippen molar-refractivity contribution in [1.29, 1.82) is 0 Å². The summed E-state index contributed by atoms with van der Waals surface area (Å²) >= 11 is 0. The molecule has 1 aromatic heterocycles. The number of anilines is 1. The Kier molecular flexibility index (Phi) is 4.36. The summed E-state index contributed by atoms with van der Waals surface area (Å²) in [5.41, 5.74) is 1.78. The summed E-state index contributed by atoms with van der Waals surface area (Å²) in [5.74, 6) is 0. The first-order chi connectivity index (χ1) is 9.53. The lowest BCUT2D eigenvalue weighted by Gasteiger charge is -2.15. The van der Waals surface area contributed by atoms with Gasteiger partial charge in [0.1, 0.15) is 0 Å². The average Bonchev–Trinajstić information content (AvgIpc) is 2.48. The monoisotopic (exact) mass is 291 g/mol. The molecule has 0 radical (unpaired) electrons. The zero-order chi connectivity index (χ0) is 14.6. The van der Waals surface area contributed by atoms with E-state index in [1.807, 2.05) is 25.1 Å². The zero-order valence-corrected chi connectivity index (χ0v) is 12.2. The molecule has 2 N–H and O–H groups in total. The van der Waals surface area contributed by atoms with Gasteiger partial charge in [0.15, 0.2) is 0 Å². The first-order valence-electron chi connectivity index (χ1n) is 6.24. The van der Waals surface area contributed by atoms with Crippen LogP contribution >= 0.6 is 0 Å². The SMILES string of the molecule is CNS(=O)(=O)c1ccc(NC(C)c2ccccn2)cc1. The summed E-state index contributed by atoms with van der Waals surface area (Å²) in [7, 11) is -1.99. The van der Waals surface area contributed by atoms with Crippen molar-refractivity contribution in [1.82, 2.24) is 9.71 Å². The van der Waals surface area contributed by atoms with Gasteiger partial charge in [-0.1, -0.05) is 6.07 Å². The smallest absolute Gasteiger partial charge is 0.240 e. The van der Waals surface area contributed by atoms with Crippen LogP contribution in [-0.4, -0.2) is 20.4 Å². The van der Waals surface area contributed by atoms with Crippen LogP contribution in [0.5, 0.6) is 0 Å². The Morgan fingerprint density at radius 1 is 1.10 bits per heavy atom. The summed E-state index contributed by atoms with van der Waals surface area (Å²) in [5, 5.41) is 3.28. The van der Waals surface area contributed by atoms with Crippen molar-refractivity contribution in [3.8, 4) is 0 Å². The number of benzene rings is 1. The molecular formula is C14H17N3O2S. The Bertz CT molecular complexity index is 655. The number of nitrogens with zero attached hydrogens (tertiary/aromatic N) is 1. The van der Waals surface area contributed by atoms with Gasteiger partial charge < -0.3 is 5.32 Å². The minimum absolute atomic E-state index is 0.0444. The molecule has 2 aromatic rings. The van der Waals surface area contributed by atoms with Crippen LogP contribution < -0.4 is 10.0 Å². The molecule has 0 saturated carbocycles. The minimum Gasteiger partial charge on any atom is -0.377 e. The second-order valence-electron chi connectivity index (χ2n) is 4.35. The Balaban J connectivity index is 2.12. The fourth-order valence-corrected chi connectivity index (χ4v) is 2.53. The van der Waals surface area contributed by atoms with Crippen molar-refractivity contribution in [3.05, 3.63) is 54.4 Å². The predicted molar refractivity (Wildman–Crippen MR) is 79.0 cm³/mol. The van der Waals surface area contributed by atoms with Crippen LogP contribution in [0.2, 0.25) is 0 Å². The zero-order valence-electron chi connectivity index (χ0n) is 11.4. The normalized spacial score (nSPS) is 12.9. The topological polar surface area (TPSA) is 71.1 Å². The first-order valence-corrected chi connectivity index (χ1v) is 7.72. The van der Waals surface area contributed by atoms with Crippen molar-refractivity contribution >= 4 is 15.7 Å². The second-order valence-corrected chi connectivity index (χ2v) is 6.24. The van der Waals surface area contributed by atoms with Gasteiger partial charge >= 0.3 is 0 Å². The van der Waals surface area contributed by atoms with Crippen LogP contribution in [0.4, 0.5) is 5.69 Å². The number of pyridine rings is 1. The minimum atomic E-state index is -3.39. The molecule has 20 heavy (non-hydrogen) atoms. The summed E-state index contributed by atoms with van der Waals surface area (Å²) in [6.45, 7) is 2.00. The van der Waals surface area contributed by atoms with E-state index >= 15 is 0 Å². The lowest BCUT2D eigenvalue weighted by atomic mass is 10.2. The number of hydrogen-bond acceptors (Lipinski definition) is 4. The molecule has 2 rings (SSSR count). The second kappa shape index (κ2) is 6.02. The van der Waals surface area contributed by atoms with Gasteiger partial charge in [-0.25, -0.2) is 13.1 Å². The maximum atomic E-state index is 11.6. The fraction of sp³-hybridized carbons (Fsp3) is 0.214. The summed E-state index contributed by atoms with van der Waals surface area (Å²) in [4.78, 5) is 4.52. The first kappa shape index (κ1) is 14.5. The molecule has 106 valence electrons. The van der Waals surface area contributed by atoms with E-state index < -0.39 is 10.0 Å². The Hall–Kier alpha value is -1.92. The molecule has 0 aliphatic carbocycles. The van der Waals surface area contributed by atoms with Crippen LogP contribution in [0.15, 0.2) is 53.6 Å². The van der Waals surface area contributed by atoms with Crippen molar-refractivity contribution < 1.29 is 8.42 Å². The average molecular weight is 291 g/mol. The largest absolute Gasteiger partial charge is 0.377 e. The highest BCUT2D eigenvalue weighted by Gasteiger charge is 2.11. The molecule has 0 bridgehead atoms. The van der Waals surface area contributed by atoms with Gasteiger partial charge in [-0.3, -0.25) is 4.98 Å². The molecule has 6 heteroatoms. The molecule has 0 aliphatic rings. The third-order valence-corrected chi connectivity index (χ3v) is 4.38. The standard InChI is InChI=1S/C14H17N3O2S/c1-11(14-5-3-4-10-16-14)17-12-6-8-13(9-7-12)20(18,19)15-2/h3-11,15,17H,1-2H3. The summed E-state index contributed by atoms with van der Waals surface area (Å²) in [6.07, 6.45) is 1.75. The maximum absolute atomic E-state index is 11.6. The maximum Gasteiger partial charge on any atom is 0.240 e. The summed E-state index contributed by atoms with van der Waals surface area (Å²) in [6, 6.07) is 12.4. The number of rotatable bonds is 5. The predicted octanol–water partition coefficient (Wildman–Crippen LogP) is 2.16. The molecule has 1 aromatic carbocycles. The van der Waals surface area contributed by atoms with E-state index in [0.717, 1.165) is 11.4 Å². The molecule has 0 spiro atoms. The van der Waals surface area contributed by atoms with Crippen LogP contribution in [0.25, 0.3) is 0 Å². The lowest BCUT2D eigenvalue weighted by molar-refractivity contribution is 0.588. The van der Waals surface area contributed by atoms with Gasteiger partial charge in [0.2, 0.25) is 10.0 Å². The van der Waals surface area contributed by atoms with Crippen LogP contribution in [0, 0.1) is 0 Å². The van der Waals surface area contributed by atoms with Crippen molar-refractivity contribution in [2.24, 2.45) is 0 Å². The van der Waals surface area contributed by atoms with E-state index in [2.05, 4.69) is 15.0 Å². The van der Waals surface area contributed by atoms with E-state index in [1.54, 1.807) is 30.5 Å². The van der Waals surface area contributed by atoms with Gasteiger partial charge in [0.25, 0.3) is 0 Å². The van der Waals surface area contributed by atoms with Gasteiger partial charge in [-0.05, 0) is 50.4 Å². The van der Waals surface area contributed by atoms with Gasteiger partial charge in [-0.2, -0.15) is 0 Å². The molecule has 5 nitrogen and oxygen atoms in total. The van der Waals surface area contributed by atoms with Crippen molar-refractivity contribution in [2.45, 2.75) is 17.9 Å². The van der Waals surface area contributed by atoms with Gasteiger partial charge in [-0.15, -0.1) is 0 Å². The van der Waals surface area contributed by atoms with Gasteiger partial charge in [0, 0.05) is 11.9 Å². The highest BCUT2D eigenvalue weighted by molar-refractivity contribution is 7.89. The number of hydrogen-bond donors (Lipinski definition) is 2. The third-order valence-electron chi connectivity index (χ3n) is 2.95. The highest BCUT2D eigenvalue weighted by atomic mass is 32.2. The third kappa shape index (κ3) is 3.34. The fourth-order valence-electron chi connectivity index (χ4n) is 1.80. The molecule has 0 aliphatic heterocycles. The van der Waals surface area contributed by atoms with E-state index in [9.17, 15) is 8.42 Å². The van der Waals surface area contributed by atoms with E-state index in [4.69, 9.17) is 0 Å². The molecule has 0 amide bonds. The summed E-state index contributed by atoms with van der Waals surface area (Å²) < 4.78 is 25.5. The Labute approximate surface area is 119 Å². The van der Waals surface area contributed by atoms with Crippen LogP contribution in [0.1, 0.15) is 18.7 Å². The van der Waals surface area contributed by atoms with E-state index in [1.165, 1.54) is 7.05 Å². The molecular weight excluding hydrogens is 274 g/mol. The molecule has 1 unspecified atom stereocenters. The van der Waals surface area contributed by atoms with E-state index in [0.29, 0.717) is 0 Å². The van der Waals surface area contributed by atoms with E-state index in [-0.39, 0.29) is 10.9 Å². The lowest BCUT2D eigenvalue weighted by Crippen LogP contribution is -2.18. The molecule has 0 fully saturated rings. The Morgan fingerprint density at radius 3 is 2.35 bits per heavy atom. The Morgan fingerprint density at radius 2 is 1.80 bits per heavy atom. The van der Waals surface area contributed by atoms with Crippen molar-refractivity contribution in [2.75, 3.05) is 12.4 Å². The van der Waals surface area contributed by atoms with Crippen molar-refractivity contribution in [3.63, 3.8) is 0 Å². The quantitative estimate of drug-likeness (QED) is 0.885. The van der Waals surface area contributed by atoms with Gasteiger partial charge in [0.05, 0.1) is 16.6 Å². The van der Waals surface area contributed by atoms with Crippen LogP contribution in [-0.2, 0) is 10.0 Å². The molecule has 0 saturated heterocycles.